The van der Waals surface area contributed by atoms with Crippen molar-refractivity contribution in [2.45, 2.75) is 13.3 Å². The van der Waals surface area contributed by atoms with E-state index in [9.17, 15) is 4.79 Å². The van der Waals surface area contributed by atoms with E-state index < -0.39 is 0 Å². The molecular formula is C17H19Cl2N3OS2. The molecule has 0 unspecified atom stereocenters. The number of fused-ring (bicyclic) bond motifs is 1. The molecule has 1 amide bonds. The molecule has 1 saturated heterocycles. The third-order valence-electron chi connectivity index (χ3n) is 4.17. The van der Waals surface area contributed by atoms with E-state index in [0.717, 1.165) is 41.3 Å². The normalized spacial score (nSPS) is 14.8. The molecule has 0 aliphatic carbocycles. The molecule has 1 aliphatic rings. The third-order valence-corrected chi connectivity index (χ3v) is 6.45. The largest absolute Gasteiger partial charge is 0.363 e. The number of carbonyl (C=O) groups is 1. The van der Waals surface area contributed by atoms with Crippen LogP contribution >= 0.6 is 46.8 Å². The highest BCUT2D eigenvalue weighted by Gasteiger charge is 2.26. The molecule has 2 heterocycles. The topological polar surface area (TPSA) is 35.6 Å². The van der Waals surface area contributed by atoms with Crippen molar-refractivity contribution < 1.29 is 4.79 Å². The average Bonchev–Trinajstić information content (AvgIpc) is 2.95. The van der Waals surface area contributed by atoms with Crippen LogP contribution in [-0.4, -0.2) is 53.5 Å². The molecule has 0 atom stereocenters. The van der Waals surface area contributed by atoms with E-state index in [1.165, 1.54) is 11.3 Å². The van der Waals surface area contributed by atoms with Crippen molar-refractivity contribution in [2.75, 3.05) is 32.7 Å². The molecule has 8 heteroatoms. The number of thiophene rings is 1. The highest BCUT2D eigenvalue weighted by atomic mass is 35.5. The fourth-order valence-corrected chi connectivity index (χ4v) is 4.82. The maximum atomic E-state index is 12.9. The molecule has 4 nitrogen and oxygen atoms in total. The van der Waals surface area contributed by atoms with Gasteiger partial charge in [-0.25, -0.2) is 0 Å². The van der Waals surface area contributed by atoms with Crippen molar-refractivity contribution in [1.82, 2.24) is 15.1 Å². The van der Waals surface area contributed by atoms with Gasteiger partial charge < -0.3 is 15.1 Å². The number of piperazine rings is 1. The Morgan fingerprint density at radius 2 is 1.92 bits per heavy atom. The minimum atomic E-state index is -0.0191. The summed E-state index contributed by atoms with van der Waals surface area (Å²) in [7, 11) is 0. The fourth-order valence-electron chi connectivity index (χ4n) is 2.78. The second-order valence-electron chi connectivity index (χ2n) is 5.90. The number of thiocarbonyl (C=S) groups is 1. The number of nitrogens with one attached hydrogen (secondary N) is 1. The Balaban J connectivity index is 1.69. The number of hydrogen-bond donors (Lipinski definition) is 1. The minimum Gasteiger partial charge on any atom is -0.363 e. The van der Waals surface area contributed by atoms with Crippen LogP contribution in [0, 0.1) is 0 Å². The lowest BCUT2D eigenvalue weighted by molar-refractivity contribution is 0.0696. The summed E-state index contributed by atoms with van der Waals surface area (Å²) in [5.41, 5.74) is 0. The van der Waals surface area contributed by atoms with Crippen LogP contribution in [0.2, 0.25) is 10.0 Å². The Kier molecular flexibility index (Phi) is 6.04. The number of hydrogen-bond acceptors (Lipinski definition) is 3. The van der Waals surface area contributed by atoms with Gasteiger partial charge in [0, 0.05) is 47.8 Å². The lowest BCUT2D eigenvalue weighted by Gasteiger charge is -2.36. The van der Waals surface area contributed by atoms with Gasteiger partial charge in [0.05, 0.1) is 5.02 Å². The van der Waals surface area contributed by atoms with Gasteiger partial charge in [-0.05, 0) is 30.8 Å². The summed E-state index contributed by atoms with van der Waals surface area (Å²) in [6.07, 6.45) is 1.03. The predicted molar refractivity (Wildman–Crippen MR) is 110 cm³/mol. The zero-order chi connectivity index (χ0) is 18.0. The van der Waals surface area contributed by atoms with Crippen LogP contribution < -0.4 is 5.32 Å². The molecular weight excluding hydrogens is 397 g/mol. The standard InChI is InChI=1S/C17H19Cl2N3OS2/c1-2-5-20-17(24)22-8-6-21(7-9-22)16(23)15-14(19)12-4-3-11(18)10-13(12)25-15/h3-4,10H,2,5-9H2,1H3,(H,20,24). The van der Waals surface area contributed by atoms with Gasteiger partial charge in [-0.3, -0.25) is 4.79 Å². The van der Waals surface area contributed by atoms with Gasteiger partial charge in [0.25, 0.3) is 5.91 Å². The van der Waals surface area contributed by atoms with Gasteiger partial charge in [-0.15, -0.1) is 11.3 Å². The van der Waals surface area contributed by atoms with Gasteiger partial charge in [0.15, 0.2) is 5.11 Å². The van der Waals surface area contributed by atoms with Crippen molar-refractivity contribution in [3.63, 3.8) is 0 Å². The number of amides is 1. The van der Waals surface area contributed by atoms with Crippen LogP contribution in [0.25, 0.3) is 10.1 Å². The fraction of sp³-hybridized carbons (Fsp3) is 0.412. The Labute approximate surface area is 166 Å². The van der Waals surface area contributed by atoms with Crippen LogP contribution in [0.5, 0.6) is 0 Å². The predicted octanol–water partition coefficient (Wildman–Crippen LogP) is 4.25. The first-order valence-corrected chi connectivity index (χ1v) is 10.2. The lowest BCUT2D eigenvalue weighted by atomic mass is 10.2. The molecule has 25 heavy (non-hydrogen) atoms. The summed E-state index contributed by atoms with van der Waals surface area (Å²) in [5.74, 6) is -0.0191. The van der Waals surface area contributed by atoms with Gasteiger partial charge in [-0.2, -0.15) is 0 Å². The molecule has 1 fully saturated rings. The molecule has 1 N–H and O–H groups in total. The first-order chi connectivity index (χ1) is 12.0. The van der Waals surface area contributed by atoms with Crippen LogP contribution in [0.15, 0.2) is 18.2 Å². The second-order valence-corrected chi connectivity index (χ2v) is 8.15. The van der Waals surface area contributed by atoms with E-state index in [4.69, 9.17) is 35.4 Å². The van der Waals surface area contributed by atoms with Crippen LogP contribution in [-0.2, 0) is 0 Å². The molecule has 0 radical (unpaired) electrons. The van der Waals surface area contributed by atoms with E-state index in [-0.39, 0.29) is 5.91 Å². The zero-order valence-corrected chi connectivity index (χ0v) is 17.0. The van der Waals surface area contributed by atoms with E-state index >= 15 is 0 Å². The van der Waals surface area contributed by atoms with Crippen molar-refractivity contribution in [3.05, 3.63) is 33.1 Å². The van der Waals surface area contributed by atoms with Gasteiger partial charge in [0.1, 0.15) is 4.88 Å². The minimum absolute atomic E-state index is 0.0191. The van der Waals surface area contributed by atoms with Crippen molar-refractivity contribution in [3.8, 4) is 0 Å². The quantitative estimate of drug-likeness (QED) is 0.759. The number of carbonyl (C=O) groups excluding carboxylic acids is 1. The highest BCUT2D eigenvalue weighted by Crippen LogP contribution is 2.37. The van der Waals surface area contributed by atoms with Crippen molar-refractivity contribution in [1.29, 1.82) is 0 Å². The van der Waals surface area contributed by atoms with Crippen LogP contribution in [0.1, 0.15) is 23.0 Å². The maximum Gasteiger partial charge on any atom is 0.265 e. The van der Waals surface area contributed by atoms with Gasteiger partial charge in [0.2, 0.25) is 0 Å². The van der Waals surface area contributed by atoms with Gasteiger partial charge >= 0.3 is 0 Å². The average molecular weight is 416 g/mol. The summed E-state index contributed by atoms with van der Waals surface area (Å²) in [4.78, 5) is 17.4. The summed E-state index contributed by atoms with van der Waals surface area (Å²) >= 11 is 19.3. The summed E-state index contributed by atoms with van der Waals surface area (Å²) in [6.45, 7) is 5.72. The zero-order valence-electron chi connectivity index (χ0n) is 13.8. The van der Waals surface area contributed by atoms with E-state index in [1.807, 2.05) is 17.0 Å². The van der Waals surface area contributed by atoms with Crippen molar-refractivity contribution >= 4 is 67.9 Å². The molecule has 2 aromatic rings. The molecule has 1 aliphatic heterocycles. The van der Waals surface area contributed by atoms with Gasteiger partial charge in [-0.1, -0.05) is 36.2 Å². The SMILES string of the molecule is CCCNC(=S)N1CCN(C(=O)c2sc3cc(Cl)ccc3c2Cl)CC1. The van der Waals surface area contributed by atoms with Crippen molar-refractivity contribution in [2.24, 2.45) is 0 Å². The Bertz CT molecular complexity index is 801. The maximum absolute atomic E-state index is 12.9. The molecule has 1 aromatic carbocycles. The molecule has 0 saturated carbocycles. The van der Waals surface area contributed by atoms with E-state index in [0.29, 0.717) is 28.0 Å². The second kappa shape index (κ2) is 8.08. The lowest BCUT2D eigenvalue weighted by Crippen LogP contribution is -2.53. The molecule has 134 valence electrons. The van der Waals surface area contributed by atoms with E-state index in [1.54, 1.807) is 6.07 Å². The first kappa shape index (κ1) is 18.7. The number of halogens is 2. The first-order valence-electron chi connectivity index (χ1n) is 8.21. The molecule has 3 rings (SSSR count). The van der Waals surface area contributed by atoms with Crippen LogP contribution in [0.4, 0.5) is 0 Å². The Hall–Kier alpha value is -1.08. The molecule has 0 bridgehead atoms. The Morgan fingerprint density at radius 1 is 1.24 bits per heavy atom. The smallest absolute Gasteiger partial charge is 0.265 e. The Morgan fingerprint density at radius 3 is 2.60 bits per heavy atom. The monoisotopic (exact) mass is 415 g/mol. The highest BCUT2D eigenvalue weighted by molar-refractivity contribution is 7.80. The number of nitrogens with zero attached hydrogens (tertiary/aromatic N) is 2. The van der Waals surface area contributed by atoms with E-state index in [2.05, 4.69) is 17.1 Å². The summed E-state index contributed by atoms with van der Waals surface area (Å²) in [6, 6.07) is 5.50. The van der Waals surface area contributed by atoms with Crippen LogP contribution in [0.3, 0.4) is 0 Å². The summed E-state index contributed by atoms with van der Waals surface area (Å²) in [5, 5.41) is 6.04. The third kappa shape index (κ3) is 4.03. The molecule has 0 spiro atoms. The number of rotatable bonds is 3. The molecule has 1 aromatic heterocycles. The summed E-state index contributed by atoms with van der Waals surface area (Å²) < 4.78 is 0.935. The number of benzene rings is 1.